The molecule has 0 spiro atoms. The Morgan fingerprint density at radius 3 is 2.84 bits per heavy atom. The number of hydrogen-bond acceptors (Lipinski definition) is 6. The fourth-order valence-electron chi connectivity index (χ4n) is 1.51. The van der Waals surface area contributed by atoms with Crippen LogP contribution < -0.4 is 15.2 Å². The third kappa shape index (κ3) is 3.43. The summed E-state index contributed by atoms with van der Waals surface area (Å²) in [6.45, 7) is 0.537. The Kier molecular flexibility index (Phi) is 4.03. The lowest BCUT2D eigenvalue weighted by atomic mass is 10.3. The Morgan fingerprint density at radius 1 is 1.47 bits per heavy atom. The van der Waals surface area contributed by atoms with Crippen molar-refractivity contribution in [2.24, 2.45) is 5.14 Å². The molecule has 0 fully saturated rings. The van der Waals surface area contributed by atoms with Gasteiger partial charge in [-0.15, -0.1) is 11.3 Å². The highest BCUT2D eigenvalue weighted by atomic mass is 32.2. The topological polar surface area (TPSA) is 94.3 Å². The number of anilines is 1. The second-order valence-electron chi connectivity index (χ2n) is 3.73. The molecular formula is C11H13N3O3S2. The van der Waals surface area contributed by atoms with Crippen molar-refractivity contribution < 1.29 is 13.2 Å². The molecule has 1 aromatic heterocycles. The van der Waals surface area contributed by atoms with Crippen LogP contribution in [-0.2, 0) is 16.6 Å². The first kappa shape index (κ1) is 13.8. The first-order valence-electron chi connectivity index (χ1n) is 5.33. The van der Waals surface area contributed by atoms with Crippen LogP contribution in [0.25, 0.3) is 0 Å². The number of aromatic nitrogens is 1. The Labute approximate surface area is 115 Å². The standard InChI is InChI=1S/C11H13N3O3S2/c1-17-11-3-2-9(19(12,15)16)4-10(11)14-6-8-5-13-7-18-8/h2-5,7,14H,6H2,1H3,(H2,12,15,16). The van der Waals surface area contributed by atoms with E-state index in [1.807, 2.05) is 0 Å². The Hall–Kier alpha value is -1.64. The van der Waals surface area contributed by atoms with Crippen molar-refractivity contribution in [1.29, 1.82) is 0 Å². The molecule has 19 heavy (non-hydrogen) atoms. The maximum Gasteiger partial charge on any atom is 0.238 e. The first-order valence-corrected chi connectivity index (χ1v) is 7.75. The number of ether oxygens (including phenoxy) is 1. The summed E-state index contributed by atoms with van der Waals surface area (Å²) in [7, 11) is -2.21. The van der Waals surface area contributed by atoms with Gasteiger partial charge in [-0.3, -0.25) is 4.98 Å². The van der Waals surface area contributed by atoms with E-state index in [4.69, 9.17) is 9.88 Å². The highest BCUT2D eigenvalue weighted by molar-refractivity contribution is 7.89. The molecule has 0 aliphatic heterocycles. The van der Waals surface area contributed by atoms with Crippen LogP contribution in [-0.4, -0.2) is 20.5 Å². The summed E-state index contributed by atoms with van der Waals surface area (Å²) in [5.41, 5.74) is 2.30. The van der Waals surface area contributed by atoms with Crippen molar-refractivity contribution in [2.45, 2.75) is 11.4 Å². The molecule has 0 saturated heterocycles. The van der Waals surface area contributed by atoms with Crippen LogP contribution in [0.15, 0.2) is 34.8 Å². The number of benzene rings is 1. The van der Waals surface area contributed by atoms with Crippen molar-refractivity contribution >= 4 is 27.0 Å². The molecule has 0 aliphatic rings. The number of nitrogens with two attached hydrogens (primary N) is 1. The van der Waals surface area contributed by atoms with Gasteiger partial charge in [0.15, 0.2) is 0 Å². The number of rotatable bonds is 5. The summed E-state index contributed by atoms with van der Waals surface area (Å²) in [5, 5.41) is 8.21. The molecule has 0 bridgehead atoms. The number of nitrogens with one attached hydrogen (secondary N) is 1. The molecule has 0 unspecified atom stereocenters. The van der Waals surface area contributed by atoms with Crippen LogP contribution in [0.3, 0.4) is 0 Å². The predicted molar refractivity (Wildman–Crippen MR) is 73.8 cm³/mol. The van der Waals surface area contributed by atoms with E-state index in [1.165, 1.54) is 30.6 Å². The van der Waals surface area contributed by atoms with Crippen LogP contribution in [0.5, 0.6) is 5.75 Å². The molecule has 0 amide bonds. The lowest BCUT2D eigenvalue weighted by Crippen LogP contribution is -2.12. The summed E-state index contributed by atoms with van der Waals surface area (Å²) in [4.78, 5) is 5.04. The summed E-state index contributed by atoms with van der Waals surface area (Å²) < 4.78 is 27.8. The Bertz CT molecular complexity index is 654. The monoisotopic (exact) mass is 299 g/mol. The zero-order valence-corrected chi connectivity index (χ0v) is 11.8. The van der Waals surface area contributed by atoms with E-state index in [1.54, 1.807) is 17.8 Å². The van der Waals surface area contributed by atoms with Gasteiger partial charge in [-0.1, -0.05) is 0 Å². The quantitative estimate of drug-likeness (QED) is 0.870. The van der Waals surface area contributed by atoms with Crippen LogP contribution in [0.4, 0.5) is 5.69 Å². The average Bonchev–Trinajstić information content (AvgIpc) is 2.88. The smallest absolute Gasteiger partial charge is 0.238 e. The maximum absolute atomic E-state index is 11.3. The van der Waals surface area contributed by atoms with Crippen molar-refractivity contribution in [2.75, 3.05) is 12.4 Å². The van der Waals surface area contributed by atoms with Crippen molar-refractivity contribution in [1.82, 2.24) is 4.98 Å². The second-order valence-corrected chi connectivity index (χ2v) is 6.26. The lowest BCUT2D eigenvalue weighted by molar-refractivity contribution is 0.416. The van der Waals surface area contributed by atoms with Gasteiger partial charge in [-0.05, 0) is 18.2 Å². The molecule has 102 valence electrons. The molecule has 6 nitrogen and oxygen atoms in total. The van der Waals surface area contributed by atoms with E-state index in [0.29, 0.717) is 18.0 Å². The number of primary sulfonamides is 1. The van der Waals surface area contributed by atoms with Crippen molar-refractivity contribution in [3.63, 3.8) is 0 Å². The molecule has 0 aliphatic carbocycles. The molecule has 8 heteroatoms. The minimum absolute atomic E-state index is 0.0418. The predicted octanol–water partition coefficient (Wildman–Crippen LogP) is 1.41. The molecule has 0 saturated carbocycles. The molecule has 1 heterocycles. The highest BCUT2D eigenvalue weighted by Crippen LogP contribution is 2.27. The molecule has 2 aromatic rings. The SMILES string of the molecule is COc1ccc(S(N)(=O)=O)cc1NCc1cncs1. The highest BCUT2D eigenvalue weighted by Gasteiger charge is 2.12. The summed E-state index contributed by atoms with van der Waals surface area (Å²) >= 11 is 1.51. The van der Waals surface area contributed by atoms with E-state index in [9.17, 15) is 8.42 Å². The normalized spacial score (nSPS) is 11.3. The average molecular weight is 299 g/mol. The van der Waals surface area contributed by atoms with Crippen molar-refractivity contribution in [3.8, 4) is 5.75 Å². The van der Waals surface area contributed by atoms with Crippen molar-refractivity contribution in [3.05, 3.63) is 34.8 Å². The van der Waals surface area contributed by atoms with E-state index in [0.717, 1.165) is 4.88 Å². The summed E-state index contributed by atoms with van der Waals surface area (Å²) in [6, 6.07) is 4.43. The Balaban J connectivity index is 2.26. The van der Waals surface area contributed by atoms with Gasteiger partial charge >= 0.3 is 0 Å². The van der Waals surface area contributed by atoms with Gasteiger partial charge in [0.2, 0.25) is 10.0 Å². The van der Waals surface area contributed by atoms with Gasteiger partial charge in [-0.25, -0.2) is 13.6 Å². The number of nitrogens with zero attached hydrogens (tertiary/aromatic N) is 1. The third-order valence-electron chi connectivity index (χ3n) is 2.44. The third-order valence-corrected chi connectivity index (χ3v) is 4.13. The maximum atomic E-state index is 11.3. The fourth-order valence-corrected chi connectivity index (χ4v) is 2.59. The van der Waals surface area contributed by atoms with Gasteiger partial charge < -0.3 is 10.1 Å². The zero-order chi connectivity index (χ0) is 13.9. The molecular weight excluding hydrogens is 286 g/mol. The molecule has 0 radical (unpaired) electrons. The van der Waals surface area contributed by atoms with E-state index in [-0.39, 0.29) is 4.90 Å². The zero-order valence-electron chi connectivity index (χ0n) is 10.2. The van der Waals surface area contributed by atoms with Crippen LogP contribution in [0, 0.1) is 0 Å². The second kappa shape index (κ2) is 5.55. The summed E-state index contributed by atoms with van der Waals surface area (Å²) in [6.07, 6.45) is 1.74. The van der Waals surface area contributed by atoms with Gasteiger partial charge in [0.25, 0.3) is 0 Å². The number of sulfonamides is 1. The van der Waals surface area contributed by atoms with Crippen LogP contribution in [0.2, 0.25) is 0 Å². The first-order chi connectivity index (χ1) is 9.00. The number of thiazole rings is 1. The van der Waals surface area contributed by atoms with Crippen LogP contribution in [0.1, 0.15) is 4.88 Å². The van der Waals surface area contributed by atoms with E-state index in [2.05, 4.69) is 10.3 Å². The van der Waals surface area contributed by atoms with Crippen LogP contribution >= 0.6 is 11.3 Å². The molecule has 1 aromatic carbocycles. The molecule has 0 atom stereocenters. The van der Waals surface area contributed by atoms with E-state index < -0.39 is 10.0 Å². The van der Waals surface area contributed by atoms with E-state index >= 15 is 0 Å². The van der Waals surface area contributed by atoms with Gasteiger partial charge in [0.1, 0.15) is 5.75 Å². The molecule has 2 rings (SSSR count). The van der Waals surface area contributed by atoms with Gasteiger partial charge in [0.05, 0.1) is 29.7 Å². The number of hydrogen-bond donors (Lipinski definition) is 2. The fraction of sp³-hybridized carbons (Fsp3) is 0.182. The number of methoxy groups -OCH3 is 1. The van der Waals surface area contributed by atoms with Gasteiger partial charge in [0, 0.05) is 11.1 Å². The largest absolute Gasteiger partial charge is 0.495 e. The van der Waals surface area contributed by atoms with Gasteiger partial charge in [-0.2, -0.15) is 0 Å². The minimum atomic E-state index is -3.73. The molecule has 3 N–H and O–H groups in total. The summed E-state index contributed by atoms with van der Waals surface area (Å²) in [5.74, 6) is 0.553. The minimum Gasteiger partial charge on any atom is -0.495 e. The lowest BCUT2D eigenvalue weighted by Gasteiger charge is -2.11. The Morgan fingerprint density at radius 2 is 2.26 bits per heavy atom.